The van der Waals surface area contributed by atoms with Crippen LogP contribution in [0.1, 0.15) is 43.7 Å². The predicted octanol–water partition coefficient (Wildman–Crippen LogP) is 2.05. The molecule has 9 heteroatoms. The smallest absolute Gasteiger partial charge is 0.229 e. The fourth-order valence-electron chi connectivity index (χ4n) is 3.74. The third-order valence-electron chi connectivity index (χ3n) is 5.34. The van der Waals surface area contributed by atoms with Gasteiger partial charge < -0.3 is 15.7 Å². The molecule has 1 aliphatic rings. The molecule has 1 saturated carbocycles. The van der Waals surface area contributed by atoms with E-state index in [0.717, 1.165) is 48.9 Å². The first-order valence-corrected chi connectivity index (χ1v) is 9.88. The molecule has 1 fully saturated rings. The normalized spacial score (nSPS) is 19.6. The molecule has 4 rings (SSSR count). The van der Waals surface area contributed by atoms with Crippen molar-refractivity contribution in [1.82, 2.24) is 29.5 Å². The third-order valence-corrected chi connectivity index (χ3v) is 5.34. The molecule has 0 unspecified atom stereocenters. The summed E-state index contributed by atoms with van der Waals surface area (Å²) in [5.74, 6) is 1.43. The van der Waals surface area contributed by atoms with Crippen LogP contribution in [0.5, 0.6) is 0 Å². The molecule has 0 spiro atoms. The molecule has 0 saturated heterocycles. The van der Waals surface area contributed by atoms with E-state index in [9.17, 15) is 5.11 Å². The largest absolute Gasteiger partial charge is 0.396 e. The average Bonchev–Trinajstić information content (AvgIpc) is 3.16. The predicted molar refractivity (Wildman–Crippen MR) is 106 cm³/mol. The minimum atomic E-state index is 0.185. The molecule has 28 heavy (non-hydrogen) atoms. The van der Waals surface area contributed by atoms with Gasteiger partial charge in [0.05, 0.1) is 6.20 Å². The summed E-state index contributed by atoms with van der Waals surface area (Å²) in [5, 5.41) is 20.9. The van der Waals surface area contributed by atoms with E-state index < -0.39 is 0 Å². The fraction of sp³-hybridized carbons (Fsp3) is 0.526. The summed E-state index contributed by atoms with van der Waals surface area (Å²) in [6, 6.07) is 0.185. The molecule has 3 aromatic heterocycles. The Labute approximate surface area is 163 Å². The maximum absolute atomic E-state index is 9.71. The van der Waals surface area contributed by atoms with Gasteiger partial charge in [-0.1, -0.05) is 19.8 Å². The lowest BCUT2D eigenvalue weighted by molar-refractivity contribution is 0.178. The van der Waals surface area contributed by atoms with Crippen LogP contribution < -0.4 is 10.6 Å². The van der Waals surface area contributed by atoms with Crippen molar-refractivity contribution in [3.05, 3.63) is 36.0 Å². The van der Waals surface area contributed by atoms with Gasteiger partial charge in [0, 0.05) is 48.6 Å². The number of aliphatic hydroxyl groups is 1. The Morgan fingerprint density at radius 3 is 2.75 bits per heavy atom. The Morgan fingerprint density at radius 2 is 1.96 bits per heavy atom. The van der Waals surface area contributed by atoms with Crippen molar-refractivity contribution in [1.29, 1.82) is 0 Å². The number of hydrogen-bond donors (Lipinski definition) is 3. The van der Waals surface area contributed by atoms with Gasteiger partial charge in [0.1, 0.15) is 6.33 Å². The van der Waals surface area contributed by atoms with Gasteiger partial charge in [-0.05, 0) is 19.3 Å². The van der Waals surface area contributed by atoms with Crippen molar-refractivity contribution in [3.8, 4) is 0 Å². The van der Waals surface area contributed by atoms with E-state index in [1.54, 1.807) is 16.9 Å². The highest BCUT2D eigenvalue weighted by Crippen LogP contribution is 2.27. The molecule has 0 radical (unpaired) electrons. The highest BCUT2D eigenvalue weighted by atomic mass is 16.3. The van der Waals surface area contributed by atoms with E-state index in [0.29, 0.717) is 18.4 Å². The summed E-state index contributed by atoms with van der Waals surface area (Å²) in [6.45, 7) is 2.81. The number of aliphatic hydroxyl groups excluding tert-OH is 1. The van der Waals surface area contributed by atoms with Crippen molar-refractivity contribution in [2.24, 2.45) is 5.92 Å². The van der Waals surface area contributed by atoms with Crippen LogP contribution in [0.3, 0.4) is 0 Å². The van der Waals surface area contributed by atoms with Crippen molar-refractivity contribution in [2.45, 2.75) is 51.6 Å². The summed E-state index contributed by atoms with van der Waals surface area (Å²) < 4.78 is 1.73. The van der Waals surface area contributed by atoms with Gasteiger partial charge in [-0.25, -0.2) is 9.97 Å². The van der Waals surface area contributed by atoms with Crippen LogP contribution in [-0.2, 0) is 13.0 Å². The molecule has 0 aliphatic heterocycles. The van der Waals surface area contributed by atoms with Crippen LogP contribution in [0.4, 0.5) is 11.9 Å². The first-order valence-electron chi connectivity index (χ1n) is 9.88. The molecule has 3 heterocycles. The van der Waals surface area contributed by atoms with Crippen LogP contribution in [0.25, 0.3) is 5.65 Å². The zero-order valence-corrected chi connectivity index (χ0v) is 16.0. The second kappa shape index (κ2) is 8.47. The molecular formula is C19H26N8O. The van der Waals surface area contributed by atoms with Crippen molar-refractivity contribution in [2.75, 3.05) is 17.2 Å². The van der Waals surface area contributed by atoms with Gasteiger partial charge in [0.2, 0.25) is 11.9 Å². The number of rotatable bonds is 7. The van der Waals surface area contributed by atoms with Gasteiger partial charge in [0.25, 0.3) is 0 Å². The standard InChI is InChI=1S/C19H26N8O/c1-2-14-10-23-27-17(14)25-18(24-16-6-4-3-5-15(16)11-28)26-19(27)22-9-13-7-20-12-21-8-13/h7-8,10,12,15-16,28H,2-6,9,11H2,1H3,(H2,22,24,25,26)/t15-,16-/m0/s1. The van der Waals surface area contributed by atoms with Gasteiger partial charge in [-0.3, -0.25) is 0 Å². The molecule has 2 atom stereocenters. The lowest BCUT2D eigenvalue weighted by Gasteiger charge is -2.30. The number of aryl methyl sites for hydroxylation is 1. The van der Waals surface area contributed by atoms with Gasteiger partial charge >= 0.3 is 0 Å². The molecular weight excluding hydrogens is 356 g/mol. The number of hydrogen-bond acceptors (Lipinski definition) is 8. The van der Waals surface area contributed by atoms with Gasteiger partial charge in [-0.15, -0.1) is 0 Å². The van der Waals surface area contributed by atoms with Crippen LogP contribution in [-0.4, -0.2) is 47.3 Å². The van der Waals surface area contributed by atoms with E-state index in [1.807, 2.05) is 6.20 Å². The summed E-state index contributed by atoms with van der Waals surface area (Å²) in [6.07, 6.45) is 12.1. The average molecular weight is 382 g/mol. The molecule has 0 bridgehead atoms. The number of nitrogens with one attached hydrogen (secondary N) is 2. The van der Waals surface area contributed by atoms with Crippen molar-refractivity contribution >= 4 is 17.5 Å². The zero-order valence-electron chi connectivity index (χ0n) is 16.0. The van der Waals surface area contributed by atoms with E-state index >= 15 is 0 Å². The quantitative estimate of drug-likeness (QED) is 0.569. The SMILES string of the molecule is CCc1cnn2c(NCc3cncnc3)nc(N[C@H]3CCCC[C@H]3CO)nc12. The summed E-state index contributed by atoms with van der Waals surface area (Å²) in [7, 11) is 0. The van der Waals surface area contributed by atoms with Gasteiger partial charge in [-0.2, -0.15) is 19.6 Å². The second-order valence-electron chi connectivity index (χ2n) is 7.21. The second-order valence-corrected chi connectivity index (χ2v) is 7.21. The first-order chi connectivity index (χ1) is 13.8. The van der Waals surface area contributed by atoms with E-state index in [1.165, 1.54) is 6.33 Å². The van der Waals surface area contributed by atoms with Crippen LogP contribution in [0.2, 0.25) is 0 Å². The first kappa shape index (κ1) is 18.5. The summed E-state index contributed by atoms with van der Waals surface area (Å²) >= 11 is 0. The van der Waals surface area contributed by atoms with E-state index in [2.05, 4.69) is 37.6 Å². The lowest BCUT2D eigenvalue weighted by Crippen LogP contribution is -2.35. The van der Waals surface area contributed by atoms with Crippen molar-refractivity contribution < 1.29 is 5.11 Å². The van der Waals surface area contributed by atoms with Gasteiger partial charge in [0.15, 0.2) is 5.65 Å². The Morgan fingerprint density at radius 1 is 1.14 bits per heavy atom. The number of fused-ring (bicyclic) bond motifs is 1. The maximum atomic E-state index is 9.71. The highest BCUT2D eigenvalue weighted by Gasteiger charge is 2.25. The monoisotopic (exact) mass is 382 g/mol. The summed E-state index contributed by atoms with van der Waals surface area (Å²) in [4.78, 5) is 17.5. The number of aromatic nitrogens is 6. The minimum absolute atomic E-state index is 0.185. The molecule has 3 N–H and O–H groups in total. The van der Waals surface area contributed by atoms with E-state index in [4.69, 9.17) is 4.98 Å². The zero-order chi connectivity index (χ0) is 19.3. The van der Waals surface area contributed by atoms with Crippen LogP contribution >= 0.6 is 0 Å². The number of anilines is 2. The molecule has 3 aromatic rings. The van der Waals surface area contributed by atoms with Crippen LogP contribution in [0.15, 0.2) is 24.9 Å². The fourth-order valence-corrected chi connectivity index (χ4v) is 3.74. The lowest BCUT2D eigenvalue weighted by atomic mass is 9.85. The Kier molecular flexibility index (Phi) is 5.61. The topological polar surface area (TPSA) is 113 Å². The third kappa shape index (κ3) is 3.89. The molecule has 0 amide bonds. The minimum Gasteiger partial charge on any atom is -0.396 e. The van der Waals surface area contributed by atoms with E-state index in [-0.39, 0.29) is 18.6 Å². The number of nitrogens with zero attached hydrogens (tertiary/aromatic N) is 6. The van der Waals surface area contributed by atoms with Crippen molar-refractivity contribution in [3.63, 3.8) is 0 Å². The Hall–Kier alpha value is -2.81. The molecule has 9 nitrogen and oxygen atoms in total. The Balaban J connectivity index is 1.62. The Bertz CT molecular complexity index is 913. The summed E-state index contributed by atoms with van der Waals surface area (Å²) in [5.41, 5.74) is 2.82. The highest BCUT2D eigenvalue weighted by molar-refractivity contribution is 5.54. The molecule has 1 aliphatic carbocycles. The van der Waals surface area contributed by atoms with Crippen LogP contribution in [0, 0.1) is 5.92 Å². The molecule has 148 valence electrons. The maximum Gasteiger partial charge on any atom is 0.229 e. The molecule has 0 aromatic carbocycles.